The molecule has 4 rings (SSSR count). The number of nitrogens with two attached hydrogens (primary N) is 1. The Morgan fingerprint density at radius 3 is 3.05 bits per heavy atom. The lowest BCUT2D eigenvalue weighted by Gasteiger charge is -2.16. The number of hydrogen-bond donors (Lipinski definition) is 1. The van der Waals surface area contributed by atoms with Crippen LogP contribution in [0.4, 0.5) is 10.9 Å². The lowest BCUT2D eigenvalue weighted by atomic mass is 10.0. The van der Waals surface area contributed by atoms with Crippen LogP contribution < -0.4 is 10.6 Å². The zero-order valence-electron chi connectivity index (χ0n) is 11.3. The molecule has 1 saturated heterocycles. The molecular formula is C14H14N6S. The Kier molecular flexibility index (Phi) is 2.92. The Balaban J connectivity index is 1.59. The number of hydrogen-bond acceptors (Lipinski definition) is 7. The van der Waals surface area contributed by atoms with Gasteiger partial charge in [-0.3, -0.25) is 4.98 Å². The first-order valence-corrected chi connectivity index (χ1v) is 7.65. The summed E-state index contributed by atoms with van der Waals surface area (Å²) in [4.78, 5) is 19.7. The number of rotatable bonds is 2. The molecule has 21 heavy (non-hydrogen) atoms. The summed E-state index contributed by atoms with van der Waals surface area (Å²) in [6.07, 6.45) is 6.29. The highest BCUT2D eigenvalue weighted by Gasteiger charge is 2.26. The van der Waals surface area contributed by atoms with E-state index in [-0.39, 0.29) is 0 Å². The van der Waals surface area contributed by atoms with Crippen LogP contribution in [0.5, 0.6) is 0 Å². The van der Waals surface area contributed by atoms with Gasteiger partial charge in [-0.25, -0.2) is 15.0 Å². The van der Waals surface area contributed by atoms with Crippen LogP contribution in [0.2, 0.25) is 0 Å². The van der Waals surface area contributed by atoms with Crippen molar-refractivity contribution >= 4 is 32.6 Å². The van der Waals surface area contributed by atoms with Crippen LogP contribution >= 0.6 is 11.3 Å². The quantitative estimate of drug-likeness (QED) is 0.780. The predicted octanol–water partition coefficient (Wildman–Crippen LogP) is 2.06. The molecule has 1 aliphatic rings. The first kappa shape index (κ1) is 12.5. The number of thiazole rings is 1. The van der Waals surface area contributed by atoms with E-state index in [2.05, 4.69) is 37.0 Å². The van der Waals surface area contributed by atoms with Crippen molar-refractivity contribution in [3.63, 3.8) is 0 Å². The fraction of sp³-hybridized carbons (Fsp3) is 0.286. The van der Waals surface area contributed by atoms with Crippen LogP contribution in [0.25, 0.3) is 10.3 Å². The molecule has 4 heterocycles. The molecule has 6 nitrogen and oxygen atoms in total. The second-order valence-corrected chi connectivity index (χ2v) is 6.17. The van der Waals surface area contributed by atoms with Crippen molar-refractivity contribution in [2.75, 3.05) is 23.7 Å². The van der Waals surface area contributed by atoms with E-state index >= 15 is 0 Å². The monoisotopic (exact) mass is 298 g/mol. The average molecular weight is 298 g/mol. The van der Waals surface area contributed by atoms with E-state index in [1.807, 2.05) is 0 Å². The standard InChI is InChI=1S/C14H14N6S/c15-14-19-13-11(21-14)2-1-10(18-13)9-3-6-20(8-9)12-7-16-4-5-17-12/h1-2,4-5,7,9H,3,6,8H2,(H2,15,18,19)/t9-/m0/s1. The van der Waals surface area contributed by atoms with Crippen molar-refractivity contribution in [1.82, 2.24) is 19.9 Å². The van der Waals surface area contributed by atoms with Gasteiger partial charge in [-0.1, -0.05) is 11.3 Å². The van der Waals surface area contributed by atoms with Gasteiger partial charge in [0.15, 0.2) is 10.8 Å². The van der Waals surface area contributed by atoms with Crippen molar-refractivity contribution in [2.24, 2.45) is 0 Å². The Bertz CT molecular complexity index is 771. The van der Waals surface area contributed by atoms with Gasteiger partial charge < -0.3 is 10.6 Å². The minimum absolute atomic E-state index is 0.402. The second-order valence-electron chi connectivity index (χ2n) is 5.11. The minimum Gasteiger partial charge on any atom is -0.375 e. The maximum atomic E-state index is 5.74. The number of nitrogen functional groups attached to an aromatic ring is 1. The predicted molar refractivity (Wildman–Crippen MR) is 83.4 cm³/mol. The van der Waals surface area contributed by atoms with Crippen LogP contribution in [-0.2, 0) is 0 Å². The van der Waals surface area contributed by atoms with Gasteiger partial charge in [-0.15, -0.1) is 0 Å². The molecule has 1 fully saturated rings. The van der Waals surface area contributed by atoms with Gasteiger partial charge in [0, 0.05) is 37.1 Å². The number of fused-ring (bicyclic) bond motifs is 1. The minimum atomic E-state index is 0.402. The zero-order valence-corrected chi connectivity index (χ0v) is 12.1. The van der Waals surface area contributed by atoms with E-state index in [0.717, 1.165) is 41.4 Å². The summed E-state index contributed by atoms with van der Waals surface area (Å²) in [6, 6.07) is 4.15. The van der Waals surface area contributed by atoms with Crippen LogP contribution in [0.1, 0.15) is 18.0 Å². The molecule has 0 aliphatic carbocycles. The smallest absolute Gasteiger partial charge is 0.182 e. The van der Waals surface area contributed by atoms with Crippen molar-refractivity contribution in [2.45, 2.75) is 12.3 Å². The second kappa shape index (κ2) is 4.92. The Morgan fingerprint density at radius 1 is 1.24 bits per heavy atom. The molecule has 1 atom stereocenters. The lowest BCUT2D eigenvalue weighted by Crippen LogP contribution is -2.20. The van der Waals surface area contributed by atoms with E-state index < -0.39 is 0 Å². The molecule has 3 aromatic heterocycles. The first-order chi connectivity index (χ1) is 10.3. The highest BCUT2D eigenvalue weighted by molar-refractivity contribution is 7.21. The summed E-state index contributed by atoms with van der Waals surface area (Å²) in [5.41, 5.74) is 7.58. The van der Waals surface area contributed by atoms with Gasteiger partial charge in [-0.05, 0) is 18.6 Å². The number of anilines is 2. The van der Waals surface area contributed by atoms with Gasteiger partial charge in [0.1, 0.15) is 5.82 Å². The molecule has 106 valence electrons. The highest BCUT2D eigenvalue weighted by atomic mass is 32.1. The van der Waals surface area contributed by atoms with Gasteiger partial charge in [0.05, 0.1) is 10.9 Å². The summed E-state index contributed by atoms with van der Waals surface area (Å²) < 4.78 is 1.04. The maximum absolute atomic E-state index is 5.74. The normalized spacial score (nSPS) is 18.5. The van der Waals surface area contributed by atoms with Crippen LogP contribution in [0.15, 0.2) is 30.7 Å². The average Bonchev–Trinajstić information content (AvgIpc) is 3.12. The molecule has 3 aromatic rings. The number of pyridine rings is 1. The van der Waals surface area contributed by atoms with Crippen molar-refractivity contribution < 1.29 is 0 Å². The van der Waals surface area contributed by atoms with Crippen molar-refractivity contribution in [1.29, 1.82) is 0 Å². The molecule has 0 aromatic carbocycles. The van der Waals surface area contributed by atoms with Gasteiger partial charge in [-0.2, -0.15) is 0 Å². The Hall–Kier alpha value is -2.28. The molecule has 1 aliphatic heterocycles. The third kappa shape index (κ3) is 2.29. The lowest BCUT2D eigenvalue weighted by molar-refractivity contribution is 0.747. The highest BCUT2D eigenvalue weighted by Crippen LogP contribution is 2.30. The van der Waals surface area contributed by atoms with E-state index in [1.165, 1.54) is 11.3 Å². The molecule has 0 radical (unpaired) electrons. The summed E-state index contributed by atoms with van der Waals surface area (Å²) in [5.74, 6) is 1.33. The van der Waals surface area contributed by atoms with E-state index in [9.17, 15) is 0 Å². The fourth-order valence-corrected chi connectivity index (χ4v) is 3.42. The van der Waals surface area contributed by atoms with Gasteiger partial charge in [0.2, 0.25) is 0 Å². The summed E-state index contributed by atoms with van der Waals surface area (Å²) in [7, 11) is 0. The molecule has 7 heteroatoms. The van der Waals surface area contributed by atoms with Crippen molar-refractivity contribution in [3.8, 4) is 0 Å². The van der Waals surface area contributed by atoms with E-state index in [4.69, 9.17) is 5.73 Å². The molecular weight excluding hydrogens is 284 g/mol. The number of aromatic nitrogens is 4. The van der Waals surface area contributed by atoms with E-state index in [0.29, 0.717) is 11.0 Å². The SMILES string of the molecule is Nc1nc2nc([C@H]3CCN(c4cnccn4)C3)ccc2s1. The molecule has 0 spiro atoms. The number of nitrogens with zero attached hydrogens (tertiary/aromatic N) is 5. The molecule has 0 saturated carbocycles. The molecule has 0 amide bonds. The van der Waals surface area contributed by atoms with Crippen molar-refractivity contribution in [3.05, 3.63) is 36.4 Å². The topological polar surface area (TPSA) is 80.8 Å². The Labute approximate surface area is 125 Å². The largest absolute Gasteiger partial charge is 0.375 e. The summed E-state index contributed by atoms with van der Waals surface area (Å²) in [5, 5.41) is 0.572. The molecule has 0 unspecified atom stereocenters. The molecule has 0 bridgehead atoms. The van der Waals surface area contributed by atoms with E-state index in [1.54, 1.807) is 18.6 Å². The summed E-state index contributed by atoms with van der Waals surface area (Å²) in [6.45, 7) is 1.89. The first-order valence-electron chi connectivity index (χ1n) is 6.83. The third-order valence-corrected chi connectivity index (χ3v) is 4.61. The maximum Gasteiger partial charge on any atom is 0.182 e. The van der Waals surface area contributed by atoms with Crippen LogP contribution in [0, 0.1) is 0 Å². The zero-order chi connectivity index (χ0) is 14.2. The van der Waals surface area contributed by atoms with Gasteiger partial charge in [0.25, 0.3) is 0 Å². The third-order valence-electron chi connectivity index (χ3n) is 3.77. The van der Waals surface area contributed by atoms with Crippen LogP contribution in [-0.4, -0.2) is 33.0 Å². The Morgan fingerprint density at radius 2 is 2.19 bits per heavy atom. The fourth-order valence-electron chi connectivity index (χ4n) is 2.74. The van der Waals surface area contributed by atoms with Crippen LogP contribution in [0.3, 0.4) is 0 Å². The summed E-state index contributed by atoms with van der Waals surface area (Å²) >= 11 is 1.48. The van der Waals surface area contributed by atoms with Gasteiger partial charge >= 0.3 is 0 Å². The molecule has 2 N–H and O–H groups in total.